The molecule has 0 bridgehead atoms. The number of fused-ring (bicyclic) bond motifs is 1. The van der Waals surface area contributed by atoms with Gasteiger partial charge in [-0.05, 0) is 47.4 Å². The van der Waals surface area contributed by atoms with E-state index in [9.17, 15) is 14.0 Å². The average Bonchev–Trinajstić information content (AvgIpc) is 2.72. The molecule has 0 radical (unpaired) electrons. The van der Waals surface area contributed by atoms with Crippen molar-refractivity contribution in [3.8, 4) is 11.5 Å². The highest BCUT2D eigenvalue weighted by Gasteiger charge is 2.33. The quantitative estimate of drug-likeness (QED) is 0.776. The molecule has 2 N–H and O–H groups in total. The summed E-state index contributed by atoms with van der Waals surface area (Å²) in [5.74, 6) is -0.217. The third-order valence-corrected chi connectivity index (χ3v) is 4.94. The van der Waals surface area contributed by atoms with E-state index in [0.717, 1.165) is 16.7 Å². The molecule has 154 valence electrons. The predicted octanol–water partition coefficient (Wildman–Crippen LogP) is 2.97. The van der Waals surface area contributed by atoms with Crippen LogP contribution in [0.15, 0.2) is 36.4 Å². The number of ether oxygens (including phenoxy) is 2. The van der Waals surface area contributed by atoms with Gasteiger partial charge in [0.1, 0.15) is 5.82 Å². The first-order valence-electron chi connectivity index (χ1n) is 9.21. The van der Waals surface area contributed by atoms with Crippen LogP contribution in [0.1, 0.15) is 29.2 Å². The van der Waals surface area contributed by atoms with E-state index in [1.54, 1.807) is 24.1 Å². The van der Waals surface area contributed by atoms with E-state index in [4.69, 9.17) is 14.6 Å². The number of halogens is 1. The predicted molar refractivity (Wildman–Crippen MR) is 104 cm³/mol. The zero-order valence-corrected chi connectivity index (χ0v) is 16.3. The third kappa shape index (κ3) is 4.42. The molecule has 0 saturated heterocycles. The van der Waals surface area contributed by atoms with Crippen molar-refractivity contribution in [2.24, 2.45) is 0 Å². The molecule has 3 rings (SSSR count). The summed E-state index contributed by atoms with van der Waals surface area (Å²) < 4.78 is 24.3. The number of carboxylic acids is 1. The topological polar surface area (TPSA) is 88.1 Å². The highest BCUT2D eigenvalue weighted by molar-refractivity contribution is 5.77. The van der Waals surface area contributed by atoms with Gasteiger partial charge in [0.05, 0.1) is 26.7 Å². The highest BCUT2D eigenvalue weighted by Crippen LogP contribution is 2.41. The Bertz CT molecular complexity index is 901. The van der Waals surface area contributed by atoms with Crippen molar-refractivity contribution in [3.05, 3.63) is 58.9 Å². The molecule has 0 saturated carbocycles. The Hall–Kier alpha value is -3.29. The molecule has 0 aromatic heterocycles. The lowest BCUT2D eigenvalue weighted by Crippen LogP contribution is -2.46. The van der Waals surface area contributed by atoms with Crippen LogP contribution in [0.2, 0.25) is 0 Å². The first-order valence-corrected chi connectivity index (χ1v) is 9.21. The second-order valence-electron chi connectivity index (χ2n) is 6.68. The van der Waals surface area contributed by atoms with Gasteiger partial charge in [-0.3, -0.25) is 4.79 Å². The van der Waals surface area contributed by atoms with Gasteiger partial charge in [0, 0.05) is 13.1 Å². The molecule has 0 aliphatic carbocycles. The molecule has 1 aliphatic heterocycles. The first-order chi connectivity index (χ1) is 13.9. The zero-order chi connectivity index (χ0) is 21.0. The number of nitrogens with one attached hydrogen (secondary N) is 1. The van der Waals surface area contributed by atoms with Crippen LogP contribution in [0.3, 0.4) is 0 Å². The van der Waals surface area contributed by atoms with Gasteiger partial charge in [-0.2, -0.15) is 0 Å². The molecule has 1 unspecified atom stereocenters. The van der Waals surface area contributed by atoms with Gasteiger partial charge in [-0.1, -0.05) is 12.1 Å². The van der Waals surface area contributed by atoms with Crippen LogP contribution >= 0.6 is 0 Å². The van der Waals surface area contributed by atoms with E-state index in [-0.39, 0.29) is 24.8 Å². The molecule has 1 atom stereocenters. The van der Waals surface area contributed by atoms with Crippen LogP contribution in [0.5, 0.6) is 11.5 Å². The normalized spacial score (nSPS) is 15.4. The zero-order valence-electron chi connectivity index (χ0n) is 16.3. The molecule has 2 aromatic rings. The van der Waals surface area contributed by atoms with Crippen LogP contribution in [0.4, 0.5) is 9.18 Å². The summed E-state index contributed by atoms with van der Waals surface area (Å²) in [5.41, 5.74) is 2.61. The van der Waals surface area contributed by atoms with E-state index in [0.29, 0.717) is 24.5 Å². The van der Waals surface area contributed by atoms with Crippen molar-refractivity contribution in [2.75, 3.05) is 27.3 Å². The second kappa shape index (κ2) is 8.81. The first kappa shape index (κ1) is 20.4. The monoisotopic (exact) mass is 402 g/mol. The smallest absolute Gasteiger partial charge is 0.318 e. The lowest BCUT2D eigenvalue weighted by molar-refractivity contribution is -0.136. The second-order valence-corrected chi connectivity index (χ2v) is 6.68. The number of benzene rings is 2. The van der Waals surface area contributed by atoms with Crippen molar-refractivity contribution in [3.63, 3.8) is 0 Å². The number of carbonyl (C=O) groups is 2. The molecule has 7 nitrogen and oxygen atoms in total. The fourth-order valence-corrected chi connectivity index (χ4v) is 3.55. The molecule has 0 spiro atoms. The number of aliphatic carboxylic acids is 1. The number of hydrogen-bond donors (Lipinski definition) is 2. The summed E-state index contributed by atoms with van der Waals surface area (Å²) in [7, 11) is 3.10. The molecule has 2 aromatic carbocycles. The van der Waals surface area contributed by atoms with Crippen molar-refractivity contribution in [1.29, 1.82) is 0 Å². The number of carbonyl (C=O) groups excluding carboxylic acids is 1. The van der Waals surface area contributed by atoms with Crippen LogP contribution in [0.25, 0.3) is 0 Å². The molecule has 1 heterocycles. The van der Waals surface area contributed by atoms with Crippen molar-refractivity contribution < 1.29 is 28.6 Å². The minimum Gasteiger partial charge on any atom is -0.493 e. The fourth-order valence-electron chi connectivity index (χ4n) is 3.55. The van der Waals surface area contributed by atoms with Crippen LogP contribution in [-0.2, 0) is 11.2 Å². The van der Waals surface area contributed by atoms with Gasteiger partial charge in [-0.25, -0.2) is 9.18 Å². The SMILES string of the molecule is COc1cc2c(cc1OC)C(c1ccc(F)cc1)N(C(=O)NCCC(=O)O)CC2. The van der Waals surface area contributed by atoms with Crippen LogP contribution in [0, 0.1) is 5.82 Å². The number of rotatable bonds is 6. The lowest BCUT2D eigenvalue weighted by Gasteiger charge is -2.38. The van der Waals surface area contributed by atoms with Gasteiger partial charge >= 0.3 is 12.0 Å². The average molecular weight is 402 g/mol. The number of methoxy groups -OCH3 is 2. The van der Waals surface area contributed by atoms with Crippen molar-refractivity contribution >= 4 is 12.0 Å². The summed E-state index contributed by atoms with van der Waals surface area (Å²) in [6, 6.07) is 8.87. The minimum atomic E-state index is -0.985. The molecule has 0 fully saturated rings. The Morgan fingerprint density at radius 2 is 1.83 bits per heavy atom. The van der Waals surface area contributed by atoms with Gasteiger partial charge in [-0.15, -0.1) is 0 Å². The summed E-state index contributed by atoms with van der Waals surface area (Å²) in [6.07, 6.45) is 0.433. The minimum absolute atomic E-state index is 0.0274. The molecule has 29 heavy (non-hydrogen) atoms. The van der Waals surface area contributed by atoms with Crippen LogP contribution < -0.4 is 14.8 Å². The number of urea groups is 1. The van der Waals surface area contributed by atoms with Crippen molar-refractivity contribution in [2.45, 2.75) is 18.9 Å². The molecular formula is C21H23FN2O5. The van der Waals surface area contributed by atoms with E-state index in [1.165, 1.54) is 19.2 Å². The highest BCUT2D eigenvalue weighted by atomic mass is 19.1. The Morgan fingerprint density at radius 1 is 1.17 bits per heavy atom. The summed E-state index contributed by atoms with van der Waals surface area (Å²) in [4.78, 5) is 25.2. The maximum Gasteiger partial charge on any atom is 0.318 e. The third-order valence-electron chi connectivity index (χ3n) is 4.94. The van der Waals surface area contributed by atoms with E-state index in [2.05, 4.69) is 5.32 Å². The Labute approximate surface area is 168 Å². The number of carboxylic acid groups (broad SMARTS) is 1. The standard InChI is InChI=1S/C21H23FN2O5/c1-28-17-11-14-8-10-24(21(27)23-9-7-19(25)26)20(16(14)12-18(17)29-2)13-3-5-15(22)6-4-13/h3-6,11-12,20H,7-10H2,1-2H3,(H,23,27)(H,25,26). The fraction of sp³-hybridized carbons (Fsp3) is 0.333. The van der Waals surface area contributed by atoms with E-state index in [1.807, 2.05) is 12.1 Å². The van der Waals surface area contributed by atoms with Crippen LogP contribution in [-0.4, -0.2) is 49.3 Å². The maximum atomic E-state index is 13.5. The summed E-state index contributed by atoms with van der Waals surface area (Å²) in [5, 5.41) is 11.5. The Kier molecular flexibility index (Phi) is 6.21. The molecule has 8 heteroatoms. The number of hydrogen-bond acceptors (Lipinski definition) is 4. The van der Waals surface area contributed by atoms with E-state index < -0.39 is 12.0 Å². The number of nitrogens with zero attached hydrogens (tertiary/aromatic N) is 1. The maximum absolute atomic E-state index is 13.5. The largest absolute Gasteiger partial charge is 0.493 e. The summed E-state index contributed by atoms with van der Waals surface area (Å²) >= 11 is 0. The number of amides is 2. The van der Waals surface area contributed by atoms with Gasteiger partial charge in [0.25, 0.3) is 0 Å². The van der Waals surface area contributed by atoms with Crippen molar-refractivity contribution in [1.82, 2.24) is 10.2 Å². The van der Waals surface area contributed by atoms with Gasteiger partial charge < -0.3 is 24.8 Å². The molecular weight excluding hydrogens is 379 g/mol. The Balaban J connectivity index is 2.01. The lowest BCUT2D eigenvalue weighted by atomic mass is 9.88. The Morgan fingerprint density at radius 3 is 2.45 bits per heavy atom. The molecule has 1 aliphatic rings. The molecule has 2 amide bonds. The summed E-state index contributed by atoms with van der Waals surface area (Å²) in [6.45, 7) is 0.447. The van der Waals surface area contributed by atoms with Gasteiger partial charge in [0.15, 0.2) is 11.5 Å². The van der Waals surface area contributed by atoms with Gasteiger partial charge in [0.2, 0.25) is 0 Å². The van der Waals surface area contributed by atoms with E-state index >= 15 is 0 Å².